The summed E-state index contributed by atoms with van der Waals surface area (Å²) in [6.45, 7) is 2.09. The highest BCUT2D eigenvalue weighted by atomic mass is 16.2. The minimum atomic E-state index is 0.210. The van der Waals surface area contributed by atoms with Crippen LogP contribution in [-0.4, -0.2) is 73.3 Å². The van der Waals surface area contributed by atoms with Crippen molar-refractivity contribution in [1.29, 1.82) is 0 Å². The number of carbonyl (C=O) groups excluding carboxylic acids is 2. The van der Waals surface area contributed by atoms with E-state index in [-0.39, 0.29) is 11.8 Å². The Hall–Kier alpha value is -1.10. The van der Waals surface area contributed by atoms with Crippen LogP contribution in [0, 0.1) is 5.92 Å². The van der Waals surface area contributed by atoms with Gasteiger partial charge in [-0.15, -0.1) is 0 Å². The number of hydrogen-bond donors (Lipinski definition) is 0. The molecule has 1 aliphatic heterocycles. The summed E-state index contributed by atoms with van der Waals surface area (Å²) in [7, 11) is 5.78. The van der Waals surface area contributed by atoms with Crippen LogP contribution in [0.4, 0.5) is 0 Å². The molecule has 5 nitrogen and oxygen atoms in total. The molecule has 1 heterocycles. The molecule has 1 saturated heterocycles. The zero-order valence-corrected chi connectivity index (χ0v) is 13.7. The Balaban J connectivity index is 1.75. The topological polar surface area (TPSA) is 43.9 Å². The minimum absolute atomic E-state index is 0.210. The van der Waals surface area contributed by atoms with Gasteiger partial charge >= 0.3 is 0 Å². The van der Waals surface area contributed by atoms with E-state index in [2.05, 4.69) is 4.90 Å². The number of likely N-dealkylation sites (N-methyl/N-ethyl adjacent to an activating group) is 2. The van der Waals surface area contributed by atoms with Crippen molar-refractivity contribution in [2.75, 3.05) is 40.8 Å². The Kier molecular flexibility index (Phi) is 5.62. The van der Waals surface area contributed by atoms with Crippen LogP contribution in [0.5, 0.6) is 0 Å². The van der Waals surface area contributed by atoms with Gasteiger partial charge in [0, 0.05) is 39.6 Å². The summed E-state index contributed by atoms with van der Waals surface area (Å²) < 4.78 is 0. The molecule has 2 rings (SSSR count). The molecule has 2 amide bonds. The fourth-order valence-electron chi connectivity index (χ4n) is 3.60. The number of nitrogens with zero attached hydrogens (tertiary/aromatic N) is 3. The maximum atomic E-state index is 12.4. The molecule has 21 heavy (non-hydrogen) atoms. The smallest absolute Gasteiger partial charge is 0.236 e. The fourth-order valence-corrected chi connectivity index (χ4v) is 3.60. The third-order valence-electron chi connectivity index (χ3n) is 4.91. The lowest BCUT2D eigenvalue weighted by Crippen LogP contribution is -2.44. The van der Waals surface area contributed by atoms with E-state index in [0.717, 1.165) is 25.9 Å². The molecular formula is C16H29N3O2. The van der Waals surface area contributed by atoms with E-state index in [0.29, 0.717) is 24.9 Å². The van der Waals surface area contributed by atoms with E-state index in [9.17, 15) is 9.59 Å². The summed E-state index contributed by atoms with van der Waals surface area (Å²) in [6.07, 6.45) is 6.71. The zero-order valence-electron chi connectivity index (χ0n) is 13.7. The second kappa shape index (κ2) is 7.25. The van der Waals surface area contributed by atoms with Gasteiger partial charge in [-0.1, -0.05) is 19.3 Å². The molecular weight excluding hydrogens is 266 g/mol. The highest BCUT2D eigenvalue weighted by Gasteiger charge is 2.28. The van der Waals surface area contributed by atoms with Gasteiger partial charge in [0.05, 0.1) is 6.54 Å². The maximum absolute atomic E-state index is 12.4. The standard InChI is InChI=1S/C16H29N3O2/c1-17(10-13-9-15(20)18(2)11-13)12-16(21)19(3)14-7-5-4-6-8-14/h13-14H,4-12H2,1-3H3/t13-/m1/s1. The average Bonchev–Trinajstić information content (AvgIpc) is 2.77. The van der Waals surface area contributed by atoms with Crippen LogP contribution in [-0.2, 0) is 9.59 Å². The van der Waals surface area contributed by atoms with Gasteiger partial charge in [0.15, 0.2) is 0 Å². The van der Waals surface area contributed by atoms with Crippen molar-refractivity contribution >= 4 is 11.8 Å². The lowest BCUT2D eigenvalue weighted by molar-refractivity contribution is -0.133. The molecule has 0 N–H and O–H groups in total. The first kappa shape index (κ1) is 16.3. The highest BCUT2D eigenvalue weighted by molar-refractivity contribution is 5.79. The highest BCUT2D eigenvalue weighted by Crippen LogP contribution is 2.22. The van der Waals surface area contributed by atoms with Crippen LogP contribution in [0.3, 0.4) is 0 Å². The average molecular weight is 295 g/mol. The van der Waals surface area contributed by atoms with Crippen molar-refractivity contribution < 1.29 is 9.59 Å². The SMILES string of the molecule is CN(CC(=O)N(C)C1CCCCC1)C[C@H]1CC(=O)N(C)C1. The first-order valence-corrected chi connectivity index (χ1v) is 8.15. The first-order valence-electron chi connectivity index (χ1n) is 8.15. The second-order valence-corrected chi connectivity index (χ2v) is 6.84. The van der Waals surface area contributed by atoms with Crippen LogP contribution in [0.1, 0.15) is 38.5 Å². The monoisotopic (exact) mass is 295 g/mol. The van der Waals surface area contributed by atoms with Gasteiger partial charge in [0.25, 0.3) is 0 Å². The quantitative estimate of drug-likeness (QED) is 0.765. The normalized spacial score (nSPS) is 23.9. The maximum Gasteiger partial charge on any atom is 0.236 e. The predicted octanol–water partition coefficient (Wildman–Crippen LogP) is 1.19. The molecule has 1 atom stereocenters. The molecule has 2 aliphatic rings. The number of carbonyl (C=O) groups is 2. The van der Waals surface area contributed by atoms with E-state index in [4.69, 9.17) is 0 Å². The molecule has 0 radical (unpaired) electrons. The third kappa shape index (κ3) is 4.43. The van der Waals surface area contributed by atoms with Crippen LogP contribution >= 0.6 is 0 Å². The van der Waals surface area contributed by atoms with Gasteiger partial charge < -0.3 is 9.80 Å². The molecule has 0 bridgehead atoms. The second-order valence-electron chi connectivity index (χ2n) is 6.84. The van der Waals surface area contributed by atoms with Gasteiger partial charge in [-0.25, -0.2) is 0 Å². The summed E-state index contributed by atoms with van der Waals surface area (Å²) >= 11 is 0. The van der Waals surface area contributed by atoms with E-state index >= 15 is 0 Å². The first-order chi connectivity index (χ1) is 9.97. The van der Waals surface area contributed by atoms with Crippen molar-refractivity contribution in [2.24, 2.45) is 5.92 Å². The zero-order chi connectivity index (χ0) is 15.4. The Bertz CT molecular complexity index is 380. The largest absolute Gasteiger partial charge is 0.345 e. The van der Waals surface area contributed by atoms with Crippen molar-refractivity contribution in [3.63, 3.8) is 0 Å². The minimum Gasteiger partial charge on any atom is -0.345 e. The molecule has 0 aromatic heterocycles. The van der Waals surface area contributed by atoms with Crippen molar-refractivity contribution in [3.05, 3.63) is 0 Å². The summed E-state index contributed by atoms with van der Waals surface area (Å²) in [5, 5.41) is 0. The molecule has 1 saturated carbocycles. The van der Waals surface area contributed by atoms with Crippen molar-refractivity contribution in [2.45, 2.75) is 44.6 Å². The fraction of sp³-hybridized carbons (Fsp3) is 0.875. The molecule has 120 valence electrons. The molecule has 0 aromatic rings. The van der Waals surface area contributed by atoms with E-state index in [1.807, 2.05) is 26.0 Å². The van der Waals surface area contributed by atoms with Crippen LogP contribution in [0.25, 0.3) is 0 Å². The predicted molar refractivity (Wildman–Crippen MR) is 82.9 cm³/mol. The molecule has 1 aliphatic carbocycles. The summed E-state index contributed by atoms with van der Waals surface area (Å²) in [4.78, 5) is 29.7. The Morgan fingerprint density at radius 3 is 2.48 bits per heavy atom. The van der Waals surface area contributed by atoms with Crippen LogP contribution < -0.4 is 0 Å². The molecule has 0 spiro atoms. The van der Waals surface area contributed by atoms with Crippen molar-refractivity contribution in [3.8, 4) is 0 Å². The van der Waals surface area contributed by atoms with Gasteiger partial charge in [0.2, 0.25) is 11.8 Å². The summed E-state index contributed by atoms with van der Waals surface area (Å²) in [5.74, 6) is 0.793. The van der Waals surface area contributed by atoms with Gasteiger partial charge in [0.1, 0.15) is 0 Å². The number of amides is 2. The van der Waals surface area contributed by atoms with E-state index in [1.54, 1.807) is 4.90 Å². The van der Waals surface area contributed by atoms with Gasteiger partial charge in [-0.05, 0) is 25.8 Å². The summed E-state index contributed by atoms with van der Waals surface area (Å²) in [6, 6.07) is 0.429. The lowest BCUT2D eigenvalue weighted by Gasteiger charge is -2.32. The van der Waals surface area contributed by atoms with E-state index in [1.165, 1.54) is 19.3 Å². The number of hydrogen-bond acceptors (Lipinski definition) is 3. The third-order valence-corrected chi connectivity index (χ3v) is 4.91. The van der Waals surface area contributed by atoms with Crippen LogP contribution in [0.15, 0.2) is 0 Å². The molecule has 5 heteroatoms. The summed E-state index contributed by atoms with van der Waals surface area (Å²) in [5.41, 5.74) is 0. The molecule has 2 fully saturated rings. The lowest BCUT2D eigenvalue weighted by atomic mass is 9.94. The van der Waals surface area contributed by atoms with E-state index < -0.39 is 0 Å². The number of rotatable bonds is 5. The van der Waals surface area contributed by atoms with Gasteiger partial charge in [-0.2, -0.15) is 0 Å². The van der Waals surface area contributed by atoms with Crippen molar-refractivity contribution in [1.82, 2.24) is 14.7 Å². The Morgan fingerprint density at radius 2 is 1.90 bits per heavy atom. The molecule has 0 unspecified atom stereocenters. The Morgan fingerprint density at radius 1 is 1.24 bits per heavy atom. The van der Waals surface area contributed by atoms with Crippen LogP contribution in [0.2, 0.25) is 0 Å². The number of likely N-dealkylation sites (tertiary alicyclic amines) is 1. The van der Waals surface area contributed by atoms with Gasteiger partial charge in [-0.3, -0.25) is 14.5 Å². The molecule has 0 aromatic carbocycles. The Labute approximate surface area is 128 Å².